The third-order valence-electron chi connectivity index (χ3n) is 5.71. The number of benzene rings is 3. The standard InChI is InChI=1S/C25H16ClN5O3/c26-15-6-5-7-16(12-15)31-23-19(13-28-31)25(33)30(14-27-23)29-24(32)22-17-8-1-3-10-20(17)34-21-11-4-2-9-18(21)22/h1-14,22H,(H,29,32). The average molecular weight is 470 g/mol. The van der Waals surface area contributed by atoms with Crippen LogP contribution < -0.4 is 15.7 Å². The zero-order valence-electron chi connectivity index (χ0n) is 17.6. The third kappa shape index (κ3) is 3.23. The number of carbonyl (C=O) groups excluding carboxylic acids is 1. The van der Waals surface area contributed by atoms with Crippen LogP contribution in [0.3, 0.4) is 0 Å². The van der Waals surface area contributed by atoms with Gasteiger partial charge in [0, 0.05) is 16.1 Å². The molecule has 3 aromatic carbocycles. The molecule has 2 aromatic heterocycles. The summed E-state index contributed by atoms with van der Waals surface area (Å²) in [6.07, 6.45) is 2.70. The van der Waals surface area contributed by atoms with Gasteiger partial charge in [0.05, 0.1) is 17.8 Å². The SMILES string of the molecule is O=C(Nn1cnc2c(cnn2-c2cccc(Cl)c2)c1=O)C1c2ccccc2Oc2ccccc21. The largest absolute Gasteiger partial charge is 0.457 e. The molecule has 0 saturated carbocycles. The van der Waals surface area contributed by atoms with E-state index in [2.05, 4.69) is 15.5 Å². The van der Waals surface area contributed by atoms with Gasteiger partial charge in [-0.05, 0) is 30.3 Å². The summed E-state index contributed by atoms with van der Waals surface area (Å²) >= 11 is 6.09. The molecule has 5 aromatic rings. The number of rotatable bonds is 3. The number of amides is 1. The van der Waals surface area contributed by atoms with E-state index in [0.29, 0.717) is 27.9 Å². The molecule has 0 unspecified atom stereocenters. The van der Waals surface area contributed by atoms with Crippen molar-refractivity contribution in [1.82, 2.24) is 19.4 Å². The van der Waals surface area contributed by atoms with E-state index in [4.69, 9.17) is 16.3 Å². The van der Waals surface area contributed by atoms with Gasteiger partial charge in [0.15, 0.2) is 5.65 Å². The minimum absolute atomic E-state index is 0.260. The molecule has 0 aliphatic carbocycles. The summed E-state index contributed by atoms with van der Waals surface area (Å²) in [6.45, 7) is 0. The van der Waals surface area contributed by atoms with Crippen LogP contribution in [-0.4, -0.2) is 25.3 Å². The van der Waals surface area contributed by atoms with Crippen molar-refractivity contribution in [2.75, 3.05) is 5.43 Å². The Morgan fingerprint density at radius 3 is 2.38 bits per heavy atom. The maximum Gasteiger partial charge on any atom is 0.283 e. The first-order chi connectivity index (χ1) is 16.6. The third-order valence-corrected chi connectivity index (χ3v) is 5.95. The quantitative estimate of drug-likeness (QED) is 0.426. The van der Waals surface area contributed by atoms with Crippen molar-refractivity contribution in [2.45, 2.75) is 5.92 Å². The maximum atomic E-state index is 13.5. The van der Waals surface area contributed by atoms with Crippen LogP contribution in [0.25, 0.3) is 16.7 Å². The Labute approximate surface area is 198 Å². The van der Waals surface area contributed by atoms with Crippen molar-refractivity contribution in [3.05, 3.63) is 112 Å². The summed E-state index contributed by atoms with van der Waals surface area (Å²) in [5, 5.41) is 5.09. The van der Waals surface area contributed by atoms with Crippen LogP contribution in [0.4, 0.5) is 0 Å². The highest BCUT2D eigenvalue weighted by molar-refractivity contribution is 6.30. The molecule has 0 radical (unpaired) electrons. The van der Waals surface area contributed by atoms with Gasteiger partial charge in [-0.2, -0.15) is 5.10 Å². The summed E-state index contributed by atoms with van der Waals surface area (Å²) in [6, 6.07) is 21.8. The number of aromatic nitrogens is 4. The number of para-hydroxylation sites is 2. The van der Waals surface area contributed by atoms with Crippen LogP contribution >= 0.6 is 11.6 Å². The molecule has 6 rings (SSSR count). The van der Waals surface area contributed by atoms with Crippen molar-refractivity contribution in [1.29, 1.82) is 0 Å². The molecule has 9 heteroatoms. The highest BCUT2D eigenvalue weighted by Gasteiger charge is 2.32. The number of hydrogen-bond acceptors (Lipinski definition) is 5. The predicted octanol–water partition coefficient (Wildman–Crippen LogP) is 4.24. The van der Waals surface area contributed by atoms with E-state index in [1.807, 2.05) is 54.6 Å². The number of halogens is 1. The van der Waals surface area contributed by atoms with Crippen LogP contribution in [0.5, 0.6) is 11.5 Å². The van der Waals surface area contributed by atoms with E-state index < -0.39 is 11.5 Å². The van der Waals surface area contributed by atoms with Gasteiger partial charge in [-0.15, -0.1) is 0 Å². The molecule has 0 fully saturated rings. The molecule has 8 nitrogen and oxygen atoms in total. The molecule has 0 spiro atoms. The van der Waals surface area contributed by atoms with Gasteiger partial charge in [-0.1, -0.05) is 54.1 Å². The number of ether oxygens (including phenoxy) is 1. The molecule has 1 N–H and O–H groups in total. The molecule has 0 bridgehead atoms. The van der Waals surface area contributed by atoms with E-state index in [9.17, 15) is 9.59 Å². The van der Waals surface area contributed by atoms with E-state index in [-0.39, 0.29) is 11.3 Å². The molecule has 1 aliphatic heterocycles. The van der Waals surface area contributed by atoms with E-state index in [0.717, 1.165) is 15.8 Å². The summed E-state index contributed by atoms with van der Waals surface area (Å²) in [7, 11) is 0. The van der Waals surface area contributed by atoms with E-state index >= 15 is 0 Å². The lowest BCUT2D eigenvalue weighted by atomic mass is 9.87. The molecule has 0 atom stereocenters. The van der Waals surface area contributed by atoms with Gasteiger partial charge in [-0.3, -0.25) is 15.0 Å². The zero-order chi connectivity index (χ0) is 23.2. The summed E-state index contributed by atoms with van der Waals surface area (Å²) in [4.78, 5) is 31.0. The first-order valence-corrected chi connectivity index (χ1v) is 10.9. The van der Waals surface area contributed by atoms with Crippen LogP contribution in [0.2, 0.25) is 5.02 Å². The maximum absolute atomic E-state index is 13.5. The fraction of sp³-hybridized carbons (Fsp3) is 0.0400. The Morgan fingerprint density at radius 1 is 0.971 bits per heavy atom. The summed E-state index contributed by atoms with van der Waals surface area (Å²) < 4.78 is 8.57. The van der Waals surface area contributed by atoms with Gasteiger partial charge in [-0.25, -0.2) is 14.3 Å². The molecule has 1 aliphatic rings. The minimum atomic E-state index is -0.655. The van der Waals surface area contributed by atoms with Crippen molar-refractivity contribution in [2.24, 2.45) is 0 Å². The van der Waals surface area contributed by atoms with Crippen molar-refractivity contribution in [3.8, 4) is 17.2 Å². The Hall–Kier alpha value is -4.43. The second kappa shape index (κ2) is 7.86. The van der Waals surface area contributed by atoms with Crippen molar-refractivity contribution < 1.29 is 9.53 Å². The van der Waals surface area contributed by atoms with Gasteiger partial charge < -0.3 is 4.74 Å². The Kier molecular flexibility index (Phi) is 4.67. The van der Waals surface area contributed by atoms with Gasteiger partial charge in [0.2, 0.25) is 0 Å². The molecular weight excluding hydrogens is 454 g/mol. The van der Waals surface area contributed by atoms with Crippen molar-refractivity contribution >= 4 is 28.5 Å². The minimum Gasteiger partial charge on any atom is -0.457 e. The topological polar surface area (TPSA) is 91.0 Å². The van der Waals surface area contributed by atoms with Gasteiger partial charge >= 0.3 is 0 Å². The normalized spacial score (nSPS) is 12.6. The second-order valence-electron chi connectivity index (χ2n) is 7.78. The predicted molar refractivity (Wildman–Crippen MR) is 127 cm³/mol. The zero-order valence-corrected chi connectivity index (χ0v) is 18.3. The van der Waals surface area contributed by atoms with Crippen molar-refractivity contribution in [3.63, 3.8) is 0 Å². The molecule has 166 valence electrons. The number of nitrogens with one attached hydrogen (secondary N) is 1. The van der Waals surface area contributed by atoms with Crippen LogP contribution in [0, 0.1) is 0 Å². The lowest BCUT2D eigenvalue weighted by Gasteiger charge is -2.27. The summed E-state index contributed by atoms with van der Waals surface area (Å²) in [5.74, 6) is 0.168. The van der Waals surface area contributed by atoms with Gasteiger partial charge in [0.25, 0.3) is 11.5 Å². The molecule has 0 saturated heterocycles. The van der Waals surface area contributed by atoms with Crippen LogP contribution in [-0.2, 0) is 4.79 Å². The highest BCUT2D eigenvalue weighted by atomic mass is 35.5. The monoisotopic (exact) mass is 469 g/mol. The molecule has 1 amide bonds. The number of nitrogens with zero attached hydrogens (tertiary/aromatic N) is 4. The van der Waals surface area contributed by atoms with Crippen LogP contribution in [0.1, 0.15) is 17.0 Å². The average Bonchev–Trinajstić information content (AvgIpc) is 3.29. The highest BCUT2D eigenvalue weighted by Crippen LogP contribution is 2.43. The Balaban J connectivity index is 1.38. The molecular formula is C25H16ClN5O3. The Morgan fingerprint density at radius 2 is 1.68 bits per heavy atom. The second-order valence-corrected chi connectivity index (χ2v) is 8.22. The van der Waals surface area contributed by atoms with Gasteiger partial charge in [0.1, 0.15) is 23.2 Å². The molecule has 3 heterocycles. The lowest BCUT2D eigenvalue weighted by molar-refractivity contribution is -0.117. The fourth-order valence-electron chi connectivity index (χ4n) is 4.16. The smallest absolute Gasteiger partial charge is 0.283 e. The fourth-order valence-corrected chi connectivity index (χ4v) is 4.35. The molecule has 34 heavy (non-hydrogen) atoms. The number of hydrogen-bond donors (Lipinski definition) is 1. The van der Waals surface area contributed by atoms with Crippen LogP contribution in [0.15, 0.2) is 90.1 Å². The number of carbonyl (C=O) groups is 1. The first-order valence-electron chi connectivity index (χ1n) is 10.5. The Bertz CT molecular complexity index is 1600. The van der Waals surface area contributed by atoms with E-state index in [1.165, 1.54) is 17.2 Å². The van der Waals surface area contributed by atoms with E-state index in [1.54, 1.807) is 18.2 Å². The summed E-state index contributed by atoms with van der Waals surface area (Å²) in [5.41, 5.74) is 4.72. The first kappa shape index (κ1) is 20.2. The number of fused-ring (bicyclic) bond motifs is 3. The lowest BCUT2D eigenvalue weighted by Crippen LogP contribution is -2.36.